The van der Waals surface area contributed by atoms with Crippen LogP contribution in [-0.4, -0.2) is 67.8 Å². The Morgan fingerprint density at radius 2 is 1.89 bits per heavy atom. The van der Waals surface area contributed by atoms with Crippen LogP contribution in [0.3, 0.4) is 0 Å². The fourth-order valence-electron chi connectivity index (χ4n) is 1.35. The van der Waals surface area contributed by atoms with Crippen molar-refractivity contribution in [2.24, 2.45) is 5.73 Å². The lowest BCUT2D eigenvalue weighted by molar-refractivity contribution is 0.0376. The van der Waals surface area contributed by atoms with Crippen LogP contribution in [0.25, 0.3) is 0 Å². The highest BCUT2D eigenvalue weighted by Gasteiger charge is 2.08. The van der Waals surface area contributed by atoms with E-state index in [0.29, 0.717) is 0 Å². The maximum atomic E-state index is 8.74. The summed E-state index contributed by atoms with van der Waals surface area (Å²) < 4.78 is 36.8. The first-order chi connectivity index (χ1) is 8.29. The van der Waals surface area contributed by atoms with Gasteiger partial charge in [-0.15, -0.1) is 0 Å². The monoisotopic (exact) mass is 284 g/mol. The molecule has 6 N–H and O–H groups in total. The molecule has 0 radical (unpaired) electrons. The maximum Gasteiger partial charge on any atom is 0.394 e. The topological polar surface area (TPSA) is 149 Å². The molecule has 0 unspecified atom stereocenters. The van der Waals surface area contributed by atoms with Crippen molar-refractivity contribution >= 4 is 16.4 Å². The Kier molecular flexibility index (Phi) is 8.58. The fraction of sp³-hybridized carbons (Fsp3) is 0.875. The highest BCUT2D eigenvalue weighted by molar-refractivity contribution is 7.79. The number of ether oxygens (including phenoxy) is 1. The van der Waals surface area contributed by atoms with Crippen LogP contribution in [0.15, 0.2) is 0 Å². The van der Waals surface area contributed by atoms with Crippen molar-refractivity contribution < 1.29 is 22.3 Å². The summed E-state index contributed by atoms with van der Waals surface area (Å²) in [5.74, 6) is 0.0574. The van der Waals surface area contributed by atoms with Crippen molar-refractivity contribution in [1.82, 2.24) is 10.2 Å². The van der Waals surface area contributed by atoms with E-state index >= 15 is 0 Å². The molecular weight excluding hydrogens is 264 g/mol. The molecule has 0 atom stereocenters. The van der Waals surface area contributed by atoms with Gasteiger partial charge in [0.05, 0.1) is 13.2 Å². The summed E-state index contributed by atoms with van der Waals surface area (Å²) in [4.78, 5) is 2.37. The Hall–Kier alpha value is -0.940. The number of hydrogen-bond donors (Lipinski definition) is 5. The third-order valence-electron chi connectivity index (χ3n) is 2.07. The Balaban J connectivity index is 0.000000494. The van der Waals surface area contributed by atoms with E-state index in [2.05, 4.69) is 10.2 Å². The lowest BCUT2D eigenvalue weighted by Crippen LogP contribution is -2.38. The third-order valence-corrected chi connectivity index (χ3v) is 2.07. The van der Waals surface area contributed by atoms with Crippen LogP contribution in [0.1, 0.15) is 6.42 Å². The second-order valence-electron chi connectivity index (χ2n) is 3.60. The van der Waals surface area contributed by atoms with Crippen molar-refractivity contribution in [3.8, 4) is 0 Å². The molecule has 0 saturated carbocycles. The molecule has 0 aromatic rings. The summed E-state index contributed by atoms with van der Waals surface area (Å²) in [6.45, 7) is 5.59. The van der Waals surface area contributed by atoms with Crippen molar-refractivity contribution in [3.63, 3.8) is 0 Å². The van der Waals surface area contributed by atoms with Gasteiger partial charge in [0.25, 0.3) is 0 Å². The zero-order valence-corrected chi connectivity index (χ0v) is 10.8. The normalized spacial score (nSPS) is 16.6. The lowest BCUT2D eigenvalue weighted by atomic mass is 10.3. The molecular formula is C8H20N4O5S. The Labute approximate surface area is 106 Å². The number of guanidine groups is 1. The third kappa shape index (κ3) is 15.1. The second-order valence-corrected chi connectivity index (χ2v) is 4.49. The first-order valence-electron chi connectivity index (χ1n) is 5.37. The molecule has 0 spiro atoms. The number of nitrogens with zero attached hydrogens (tertiary/aromatic N) is 1. The molecule has 18 heavy (non-hydrogen) atoms. The lowest BCUT2D eigenvalue weighted by Gasteiger charge is -2.26. The van der Waals surface area contributed by atoms with Crippen LogP contribution in [0.2, 0.25) is 0 Å². The van der Waals surface area contributed by atoms with Gasteiger partial charge in [-0.3, -0.25) is 19.4 Å². The van der Waals surface area contributed by atoms with E-state index in [0.717, 1.165) is 45.8 Å². The molecule has 0 amide bonds. The minimum atomic E-state index is -4.67. The summed E-state index contributed by atoms with van der Waals surface area (Å²) in [7, 11) is -4.67. The van der Waals surface area contributed by atoms with Gasteiger partial charge in [0, 0.05) is 19.6 Å². The van der Waals surface area contributed by atoms with E-state index in [1.54, 1.807) is 0 Å². The number of rotatable bonds is 4. The average Bonchev–Trinajstić information content (AvgIpc) is 2.23. The highest BCUT2D eigenvalue weighted by Crippen LogP contribution is 1.96. The van der Waals surface area contributed by atoms with Gasteiger partial charge in [-0.05, 0) is 13.0 Å². The molecule has 1 saturated heterocycles. The maximum absolute atomic E-state index is 8.74. The zero-order chi connectivity index (χ0) is 14.0. The van der Waals surface area contributed by atoms with Crippen molar-refractivity contribution in [3.05, 3.63) is 0 Å². The number of morpholine rings is 1. The molecule has 1 aliphatic heterocycles. The van der Waals surface area contributed by atoms with Crippen LogP contribution < -0.4 is 11.1 Å². The molecule has 0 aliphatic carbocycles. The Morgan fingerprint density at radius 1 is 1.39 bits per heavy atom. The Bertz CT molecular complexity index is 320. The largest absolute Gasteiger partial charge is 0.394 e. The first kappa shape index (κ1) is 17.1. The Morgan fingerprint density at radius 3 is 2.33 bits per heavy atom. The number of hydrogen-bond acceptors (Lipinski definition) is 5. The van der Waals surface area contributed by atoms with Gasteiger partial charge in [0.2, 0.25) is 0 Å². The van der Waals surface area contributed by atoms with Gasteiger partial charge >= 0.3 is 10.4 Å². The molecule has 0 aromatic carbocycles. The number of nitrogens with two attached hydrogens (primary N) is 1. The van der Waals surface area contributed by atoms with Gasteiger partial charge in [-0.2, -0.15) is 8.42 Å². The van der Waals surface area contributed by atoms with Crippen LogP contribution in [-0.2, 0) is 15.1 Å². The molecule has 0 bridgehead atoms. The van der Waals surface area contributed by atoms with E-state index < -0.39 is 10.4 Å². The SMILES string of the molecule is N=C(N)NCCCN1CCOCC1.O=S(=O)(O)O. The summed E-state index contributed by atoms with van der Waals surface area (Å²) in [6.07, 6.45) is 1.03. The molecule has 1 heterocycles. The minimum Gasteiger partial charge on any atom is -0.379 e. The van der Waals surface area contributed by atoms with Crippen LogP contribution in [0.4, 0.5) is 0 Å². The predicted octanol–water partition coefficient (Wildman–Crippen LogP) is -1.46. The van der Waals surface area contributed by atoms with Crippen molar-refractivity contribution in [2.45, 2.75) is 6.42 Å². The number of nitrogens with one attached hydrogen (secondary N) is 2. The quantitative estimate of drug-likeness (QED) is 0.182. The van der Waals surface area contributed by atoms with Crippen molar-refractivity contribution in [1.29, 1.82) is 5.41 Å². The van der Waals surface area contributed by atoms with Gasteiger partial charge in [-0.1, -0.05) is 0 Å². The summed E-state index contributed by atoms with van der Waals surface area (Å²) in [5, 5.41) is 9.74. The van der Waals surface area contributed by atoms with E-state index in [1.165, 1.54) is 0 Å². The van der Waals surface area contributed by atoms with E-state index in [4.69, 9.17) is 33.4 Å². The molecule has 10 heteroatoms. The van der Waals surface area contributed by atoms with Gasteiger partial charge in [0.1, 0.15) is 0 Å². The zero-order valence-electron chi connectivity index (χ0n) is 10.0. The van der Waals surface area contributed by atoms with Crippen LogP contribution in [0, 0.1) is 5.41 Å². The van der Waals surface area contributed by atoms with E-state index in [1.807, 2.05) is 0 Å². The summed E-state index contributed by atoms with van der Waals surface area (Å²) >= 11 is 0. The fourth-order valence-corrected chi connectivity index (χ4v) is 1.35. The predicted molar refractivity (Wildman–Crippen MR) is 66.0 cm³/mol. The molecule has 1 aliphatic rings. The molecule has 1 fully saturated rings. The second kappa shape index (κ2) is 9.05. The van der Waals surface area contributed by atoms with Crippen molar-refractivity contribution in [2.75, 3.05) is 39.4 Å². The van der Waals surface area contributed by atoms with Crippen LogP contribution >= 0.6 is 0 Å². The van der Waals surface area contributed by atoms with Gasteiger partial charge in [0.15, 0.2) is 5.96 Å². The summed E-state index contributed by atoms with van der Waals surface area (Å²) in [6, 6.07) is 0. The molecule has 108 valence electrons. The van der Waals surface area contributed by atoms with E-state index in [9.17, 15) is 0 Å². The van der Waals surface area contributed by atoms with E-state index in [-0.39, 0.29) is 5.96 Å². The smallest absolute Gasteiger partial charge is 0.379 e. The molecule has 1 rings (SSSR count). The first-order valence-corrected chi connectivity index (χ1v) is 6.76. The van der Waals surface area contributed by atoms with Crippen LogP contribution in [0.5, 0.6) is 0 Å². The average molecular weight is 284 g/mol. The van der Waals surface area contributed by atoms with Gasteiger partial charge < -0.3 is 15.8 Å². The summed E-state index contributed by atoms with van der Waals surface area (Å²) in [5.41, 5.74) is 5.15. The molecule has 0 aromatic heterocycles. The molecule has 9 nitrogen and oxygen atoms in total. The highest BCUT2D eigenvalue weighted by atomic mass is 32.3. The minimum absolute atomic E-state index is 0.0574. The standard InChI is InChI=1S/C8H18N4O.H2O4S/c9-8(10)11-2-1-3-12-4-6-13-7-5-12;1-5(2,3)4/h1-7H2,(H4,9,10,11);(H2,1,2,3,4). The van der Waals surface area contributed by atoms with Gasteiger partial charge in [-0.25, -0.2) is 0 Å².